The quantitative estimate of drug-likeness (QED) is 0.776. The summed E-state index contributed by atoms with van der Waals surface area (Å²) in [7, 11) is -3.56. The Hall–Kier alpha value is -1.15. The molecule has 1 aliphatic rings. The van der Waals surface area contributed by atoms with Crippen molar-refractivity contribution in [3.05, 3.63) is 24.3 Å². The van der Waals surface area contributed by atoms with Gasteiger partial charge in [-0.2, -0.15) is 0 Å². The molecule has 1 aromatic heterocycles. The number of aromatic amines is 1. The van der Waals surface area contributed by atoms with Gasteiger partial charge in [-0.05, 0) is 25.1 Å². The lowest BCUT2D eigenvalue weighted by atomic mass is 10.3. The number of rotatable bonds is 3. The van der Waals surface area contributed by atoms with Crippen LogP contribution in [0.3, 0.4) is 0 Å². The molecule has 2 heterocycles. The first-order valence-electron chi connectivity index (χ1n) is 5.83. The number of hydrogen-bond donors (Lipinski definition) is 3. The van der Waals surface area contributed by atoms with Gasteiger partial charge in [-0.15, -0.1) is 12.4 Å². The third kappa shape index (κ3) is 2.89. The maximum atomic E-state index is 12.1. The van der Waals surface area contributed by atoms with E-state index in [0.717, 1.165) is 18.5 Å². The lowest BCUT2D eigenvalue weighted by molar-refractivity contribution is 0.553. The molecule has 3 rings (SSSR count). The Bertz CT molecular complexity index is 631. The highest BCUT2D eigenvalue weighted by molar-refractivity contribution is 7.89. The molecule has 2 aromatic rings. The molecule has 1 saturated heterocycles. The van der Waals surface area contributed by atoms with Crippen LogP contribution >= 0.6 is 12.4 Å². The van der Waals surface area contributed by atoms with Crippen LogP contribution in [0.1, 0.15) is 6.42 Å². The maximum Gasteiger partial charge on any atom is 0.274 e. The number of H-pyrrole nitrogens is 1. The van der Waals surface area contributed by atoms with Gasteiger partial charge in [-0.3, -0.25) is 0 Å². The minimum absolute atomic E-state index is 0. The van der Waals surface area contributed by atoms with Crippen molar-refractivity contribution in [1.29, 1.82) is 0 Å². The predicted octanol–water partition coefficient (Wildman–Crippen LogP) is 0.625. The molecular weight excluding hydrogens is 288 g/mol. The van der Waals surface area contributed by atoms with E-state index in [1.54, 1.807) is 12.1 Å². The first-order chi connectivity index (χ1) is 8.65. The molecule has 0 spiro atoms. The van der Waals surface area contributed by atoms with Crippen molar-refractivity contribution in [3.8, 4) is 0 Å². The Morgan fingerprint density at radius 3 is 2.79 bits per heavy atom. The van der Waals surface area contributed by atoms with E-state index < -0.39 is 10.0 Å². The Kier molecular flexibility index (Phi) is 4.10. The molecule has 19 heavy (non-hydrogen) atoms. The van der Waals surface area contributed by atoms with E-state index in [9.17, 15) is 8.42 Å². The molecule has 8 heteroatoms. The standard InChI is InChI=1S/C11H14N4O2S.ClH/c16-18(17,15-8-5-6-12-7-8)11-13-9-3-1-2-4-10(9)14-11;/h1-4,8,12,15H,5-7H2,(H,13,14);1H/t8-;/m0./s1. The number of aromatic nitrogens is 2. The third-order valence-corrected chi connectivity index (χ3v) is 4.35. The minimum Gasteiger partial charge on any atom is -0.328 e. The van der Waals surface area contributed by atoms with Gasteiger partial charge in [0, 0.05) is 12.6 Å². The second-order valence-corrected chi connectivity index (χ2v) is 6.00. The molecule has 0 aliphatic carbocycles. The molecule has 0 radical (unpaired) electrons. The van der Waals surface area contributed by atoms with Gasteiger partial charge >= 0.3 is 0 Å². The van der Waals surface area contributed by atoms with Gasteiger partial charge in [0.05, 0.1) is 11.0 Å². The van der Waals surface area contributed by atoms with Crippen molar-refractivity contribution in [1.82, 2.24) is 20.0 Å². The fourth-order valence-corrected chi connectivity index (χ4v) is 3.30. The number of fused-ring (bicyclic) bond motifs is 1. The first-order valence-corrected chi connectivity index (χ1v) is 7.31. The third-order valence-electron chi connectivity index (χ3n) is 3.00. The highest BCUT2D eigenvalue weighted by Gasteiger charge is 2.25. The molecule has 0 bridgehead atoms. The van der Waals surface area contributed by atoms with E-state index in [1.165, 1.54) is 0 Å². The molecule has 6 nitrogen and oxygen atoms in total. The summed E-state index contributed by atoms with van der Waals surface area (Å²) in [5, 5.41) is 3.10. The van der Waals surface area contributed by atoms with Crippen LogP contribution in [0, 0.1) is 0 Å². The van der Waals surface area contributed by atoms with Crippen LogP contribution in [-0.4, -0.2) is 37.5 Å². The van der Waals surface area contributed by atoms with Crippen molar-refractivity contribution < 1.29 is 8.42 Å². The Balaban J connectivity index is 0.00000133. The van der Waals surface area contributed by atoms with Crippen molar-refractivity contribution in [2.45, 2.75) is 17.6 Å². The monoisotopic (exact) mass is 302 g/mol. The number of sulfonamides is 1. The largest absolute Gasteiger partial charge is 0.328 e. The fourth-order valence-electron chi connectivity index (χ4n) is 2.09. The second kappa shape index (κ2) is 5.46. The predicted molar refractivity (Wildman–Crippen MR) is 74.9 cm³/mol. The Morgan fingerprint density at radius 2 is 2.11 bits per heavy atom. The number of hydrogen-bond acceptors (Lipinski definition) is 4. The van der Waals surface area contributed by atoms with Gasteiger partial charge in [-0.25, -0.2) is 18.1 Å². The molecule has 3 N–H and O–H groups in total. The molecule has 0 saturated carbocycles. The number of halogens is 1. The molecule has 0 unspecified atom stereocenters. The van der Waals surface area contributed by atoms with E-state index in [2.05, 4.69) is 20.0 Å². The molecule has 1 fully saturated rings. The average Bonchev–Trinajstić information content (AvgIpc) is 2.96. The van der Waals surface area contributed by atoms with Crippen LogP contribution in [0.25, 0.3) is 11.0 Å². The van der Waals surface area contributed by atoms with Crippen LogP contribution < -0.4 is 10.0 Å². The van der Waals surface area contributed by atoms with Crippen molar-refractivity contribution in [2.24, 2.45) is 0 Å². The smallest absolute Gasteiger partial charge is 0.274 e. The van der Waals surface area contributed by atoms with Gasteiger partial charge in [0.25, 0.3) is 10.0 Å². The molecule has 1 aromatic carbocycles. The summed E-state index contributed by atoms with van der Waals surface area (Å²) in [6, 6.07) is 7.20. The SMILES string of the molecule is Cl.O=S(=O)(N[C@H]1CCNC1)c1nc2ccccc2[nH]1. The van der Waals surface area contributed by atoms with Crippen molar-refractivity contribution >= 4 is 33.5 Å². The zero-order chi connectivity index (χ0) is 12.6. The highest BCUT2D eigenvalue weighted by Crippen LogP contribution is 2.14. The summed E-state index contributed by atoms with van der Waals surface area (Å²) in [4.78, 5) is 6.93. The summed E-state index contributed by atoms with van der Waals surface area (Å²) >= 11 is 0. The number of nitrogens with one attached hydrogen (secondary N) is 3. The minimum atomic E-state index is -3.56. The van der Waals surface area contributed by atoms with Crippen LogP contribution in [0.2, 0.25) is 0 Å². The van der Waals surface area contributed by atoms with Crippen molar-refractivity contribution in [2.75, 3.05) is 13.1 Å². The number of imidazole rings is 1. The maximum absolute atomic E-state index is 12.1. The van der Waals surface area contributed by atoms with Gasteiger partial charge in [0.15, 0.2) is 0 Å². The fraction of sp³-hybridized carbons (Fsp3) is 0.364. The normalized spacial score (nSPS) is 19.5. The number of para-hydroxylation sites is 2. The first kappa shape index (κ1) is 14.3. The average molecular weight is 303 g/mol. The lowest BCUT2D eigenvalue weighted by Crippen LogP contribution is -2.36. The van der Waals surface area contributed by atoms with Crippen LogP contribution in [0.4, 0.5) is 0 Å². The number of benzene rings is 1. The number of nitrogens with zero attached hydrogens (tertiary/aromatic N) is 1. The lowest BCUT2D eigenvalue weighted by Gasteiger charge is -2.09. The van der Waals surface area contributed by atoms with Gasteiger partial charge in [0.2, 0.25) is 5.16 Å². The molecule has 104 valence electrons. The van der Waals surface area contributed by atoms with Crippen LogP contribution in [0.15, 0.2) is 29.4 Å². The summed E-state index contributed by atoms with van der Waals surface area (Å²) in [6.45, 7) is 1.51. The summed E-state index contributed by atoms with van der Waals surface area (Å²) in [5.74, 6) is 0. The van der Waals surface area contributed by atoms with Gasteiger partial charge < -0.3 is 10.3 Å². The Labute approximate surface area is 117 Å². The summed E-state index contributed by atoms with van der Waals surface area (Å²) < 4.78 is 26.9. The van der Waals surface area contributed by atoms with E-state index in [1.807, 2.05) is 12.1 Å². The Morgan fingerprint density at radius 1 is 1.32 bits per heavy atom. The summed E-state index contributed by atoms with van der Waals surface area (Å²) in [5.41, 5.74) is 1.38. The molecule has 1 aliphatic heterocycles. The molecule has 1 atom stereocenters. The van der Waals surface area contributed by atoms with Crippen LogP contribution in [0.5, 0.6) is 0 Å². The second-order valence-electron chi connectivity index (χ2n) is 4.37. The van der Waals surface area contributed by atoms with Gasteiger partial charge in [0.1, 0.15) is 0 Å². The summed E-state index contributed by atoms with van der Waals surface area (Å²) in [6.07, 6.45) is 0.805. The van der Waals surface area contributed by atoms with Crippen LogP contribution in [-0.2, 0) is 10.0 Å². The highest BCUT2D eigenvalue weighted by atomic mass is 35.5. The van der Waals surface area contributed by atoms with E-state index in [0.29, 0.717) is 12.1 Å². The van der Waals surface area contributed by atoms with Gasteiger partial charge in [-0.1, -0.05) is 12.1 Å². The van der Waals surface area contributed by atoms with E-state index in [-0.39, 0.29) is 23.6 Å². The zero-order valence-electron chi connectivity index (χ0n) is 10.1. The van der Waals surface area contributed by atoms with E-state index >= 15 is 0 Å². The topological polar surface area (TPSA) is 86.9 Å². The van der Waals surface area contributed by atoms with Crippen molar-refractivity contribution in [3.63, 3.8) is 0 Å². The van der Waals surface area contributed by atoms with E-state index in [4.69, 9.17) is 0 Å². The zero-order valence-corrected chi connectivity index (χ0v) is 11.7. The molecule has 0 amide bonds. The molecular formula is C11H15ClN4O2S.